The summed E-state index contributed by atoms with van der Waals surface area (Å²) in [6, 6.07) is 6.73. The molecule has 1 heterocycles. The molecule has 0 aliphatic carbocycles. The fourth-order valence-electron chi connectivity index (χ4n) is 1.47. The average molecular weight is 281 g/mol. The number of hydrogen-bond acceptors (Lipinski definition) is 4. The Morgan fingerprint density at radius 3 is 2.47 bits per heavy atom. The third kappa shape index (κ3) is 3.47. The van der Waals surface area contributed by atoms with Crippen LogP contribution in [-0.4, -0.2) is 24.7 Å². The summed E-state index contributed by atoms with van der Waals surface area (Å²) in [5, 5.41) is 6.08. The Bertz CT molecular complexity index is 619. The van der Waals surface area contributed by atoms with E-state index in [0.29, 0.717) is 11.4 Å². The number of H-pyrrole nitrogens is 1. The first kappa shape index (κ1) is 13.4. The third-order valence-corrected chi connectivity index (χ3v) is 3.61. The Hall–Kier alpha value is -2.02. The maximum atomic E-state index is 11.9. The zero-order valence-corrected chi connectivity index (χ0v) is 11.4. The molecule has 0 unspecified atom stereocenters. The van der Waals surface area contributed by atoms with Gasteiger partial charge in [-0.2, -0.15) is 5.10 Å². The van der Waals surface area contributed by atoms with Crippen molar-refractivity contribution in [3.05, 3.63) is 36.7 Å². The molecule has 0 radical (unpaired) electrons. The van der Waals surface area contributed by atoms with Gasteiger partial charge in [0.05, 0.1) is 12.3 Å². The molecule has 0 spiro atoms. The van der Waals surface area contributed by atoms with E-state index in [2.05, 4.69) is 14.9 Å². The molecule has 0 saturated heterocycles. The quantitative estimate of drug-likeness (QED) is 0.878. The lowest BCUT2D eigenvalue weighted by Gasteiger charge is -2.10. The van der Waals surface area contributed by atoms with Crippen LogP contribution in [0.5, 0.6) is 5.75 Å². The second-order valence-corrected chi connectivity index (χ2v) is 5.91. The Labute approximate surface area is 111 Å². The standard InChI is InChI=1S/C12H15N3O3S/c1-9(2)18-11-5-3-10(4-6-11)15-19(16,17)12-7-13-14-8-12/h3-9,15H,1-2H3,(H,13,14). The van der Waals surface area contributed by atoms with Crippen molar-refractivity contribution in [2.45, 2.75) is 24.8 Å². The number of ether oxygens (including phenoxy) is 1. The fourth-order valence-corrected chi connectivity index (χ4v) is 2.44. The van der Waals surface area contributed by atoms with Gasteiger partial charge in [-0.15, -0.1) is 0 Å². The first-order chi connectivity index (χ1) is 8.97. The van der Waals surface area contributed by atoms with Crippen molar-refractivity contribution in [3.8, 4) is 5.75 Å². The summed E-state index contributed by atoms with van der Waals surface area (Å²) in [6.07, 6.45) is 2.64. The summed E-state index contributed by atoms with van der Waals surface area (Å²) >= 11 is 0. The summed E-state index contributed by atoms with van der Waals surface area (Å²) in [4.78, 5) is 0.0926. The SMILES string of the molecule is CC(C)Oc1ccc(NS(=O)(=O)c2cn[nH]c2)cc1. The molecule has 0 amide bonds. The molecule has 1 aromatic heterocycles. The van der Waals surface area contributed by atoms with Crippen LogP contribution in [0.25, 0.3) is 0 Å². The van der Waals surface area contributed by atoms with Gasteiger partial charge < -0.3 is 4.74 Å². The minimum atomic E-state index is -3.59. The van der Waals surface area contributed by atoms with Gasteiger partial charge in [0.2, 0.25) is 0 Å². The van der Waals surface area contributed by atoms with Crippen LogP contribution in [0.15, 0.2) is 41.6 Å². The topological polar surface area (TPSA) is 84.1 Å². The zero-order valence-electron chi connectivity index (χ0n) is 10.6. The van der Waals surface area contributed by atoms with Crippen molar-refractivity contribution in [3.63, 3.8) is 0 Å². The summed E-state index contributed by atoms with van der Waals surface area (Å²) in [5.74, 6) is 0.696. The van der Waals surface area contributed by atoms with Crippen molar-refractivity contribution >= 4 is 15.7 Å². The molecular weight excluding hydrogens is 266 g/mol. The van der Waals surface area contributed by atoms with Gasteiger partial charge >= 0.3 is 0 Å². The lowest BCUT2D eigenvalue weighted by molar-refractivity contribution is 0.242. The minimum absolute atomic E-state index is 0.0773. The van der Waals surface area contributed by atoms with E-state index in [1.807, 2.05) is 13.8 Å². The van der Waals surface area contributed by atoms with Crippen molar-refractivity contribution in [1.29, 1.82) is 0 Å². The van der Waals surface area contributed by atoms with Crippen molar-refractivity contribution < 1.29 is 13.2 Å². The Morgan fingerprint density at radius 2 is 1.95 bits per heavy atom. The zero-order chi connectivity index (χ0) is 13.9. The van der Waals surface area contributed by atoms with Crippen molar-refractivity contribution in [1.82, 2.24) is 10.2 Å². The summed E-state index contributed by atoms with van der Waals surface area (Å²) in [5.41, 5.74) is 0.470. The lowest BCUT2D eigenvalue weighted by Crippen LogP contribution is -2.12. The molecule has 0 bridgehead atoms. The Kier molecular flexibility index (Phi) is 3.75. The van der Waals surface area contributed by atoms with Gasteiger partial charge in [0.15, 0.2) is 0 Å². The van der Waals surface area contributed by atoms with Crippen LogP contribution in [-0.2, 0) is 10.0 Å². The predicted octanol–water partition coefficient (Wildman–Crippen LogP) is 2.00. The number of rotatable bonds is 5. The van der Waals surface area contributed by atoms with E-state index in [9.17, 15) is 8.42 Å². The van der Waals surface area contributed by atoms with Gasteiger partial charge in [-0.05, 0) is 38.1 Å². The molecule has 0 aliphatic rings. The molecule has 2 rings (SSSR count). The maximum absolute atomic E-state index is 11.9. The molecule has 1 aromatic carbocycles. The monoisotopic (exact) mass is 281 g/mol. The largest absolute Gasteiger partial charge is 0.491 e. The first-order valence-electron chi connectivity index (χ1n) is 5.76. The fraction of sp³-hybridized carbons (Fsp3) is 0.250. The van der Waals surface area contributed by atoms with E-state index in [1.54, 1.807) is 24.3 Å². The van der Waals surface area contributed by atoms with E-state index in [1.165, 1.54) is 12.4 Å². The number of benzene rings is 1. The number of aromatic nitrogens is 2. The van der Waals surface area contributed by atoms with Crippen LogP contribution in [0.1, 0.15) is 13.8 Å². The third-order valence-electron chi connectivity index (χ3n) is 2.26. The molecular formula is C12H15N3O3S. The predicted molar refractivity (Wildman–Crippen MR) is 71.6 cm³/mol. The summed E-state index contributed by atoms with van der Waals surface area (Å²) < 4.78 is 31.8. The summed E-state index contributed by atoms with van der Waals surface area (Å²) in [6.45, 7) is 3.85. The van der Waals surface area contributed by atoms with Gasteiger partial charge in [-0.3, -0.25) is 9.82 Å². The molecule has 0 saturated carbocycles. The highest BCUT2D eigenvalue weighted by Crippen LogP contribution is 2.19. The molecule has 7 heteroatoms. The van der Waals surface area contributed by atoms with Gasteiger partial charge in [-0.1, -0.05) is 0 Å². The number of hydrogen-bond donors (Lipinski definition) is 2. The van der Waals surface area contributed by atoms with Gasteiger partial charge in [0.1, 0.15) is 10.6 Å². The average Bonchev–Trinajstić information content (AvgIpc) is 2.85. The van der Waals surface area contributed by atoms with E-state index in [-0.39, 0.29) is 11.0 Å². The van der Waals surface area contributed by atoms with Crippen LogP contribution < -0.4 is 9.46 Å². The van der Waals surface area contributed by atoms with Crippen LogP contribution in [0.4, 0.5) is 5.69 Å². The van der Waals surface area contributed by atoms with Crippen LogP contribution in [0, 0.1) is 0 Å². The van der Waals surface area contributed by atoms with Crippen LogP contribution in [0.3, 0.4) is 0 Å². The highest BCUT2D eigenvalue weighted by molar-refractivity contribution is 7.92. The van der Waals surface area contributed by atoms with Crippen LogP contribution in [0.2, 0.25) is 0 Å². The molecule has 2 aromatic rings. The highest BCUT2D eigenvalue weighted by atomic mass is 32.2. The lowest BCUT2D eigenvalue weighted by atomic mass is 10.3. The van der Waals surface area contributed by atoms with Crippen molar-refractivity contribution in [2.24, 2.45) is 0 Å². The second-order valence-electron chi connectivity index (χ2n) is 4.23. The molecule has 0 atom stereocenters. The molecule has 19 heavy (non-hydrogen) atoms. The number of aromatic amines is 1. The smallest absolute Gasteiger partial charge is 0.265 e. The van der Waals surface area contributed by atoms with Gasteiger partial charge in [0, 0.05) is 11.9 Å². The normalized spacial score (nSPS) is 11.5. The van der Waals surface area contributed by atoms with E-state index in [4.69, 9.17) is 4.74 Å². The number of sulfonamides is 1. The Balaban J connectivity index is 2.12. The first-order valence-corrected chi connectivity index (χ1v) is 7.24. The number of nitrogens with one attached hydrogen (secondary N) is 2. The van der Waals surface area contributed by atoms with Crippen molar-refractivity contribution in [2.75, 3.05) is 4.72 Å². The molecule has 2 N–H and O–H groups in total. The van der Waals surface area contributed by atoms with Gasteiger partial charge in [-0.25, -0.2) is 8.42 Å². The van der Waals surface area contributed by atoms with E-state index < -0.39 is 10.0 Å². The second kappa shape index (κ2) is 5.31. The molecule has 0 fully saturated rings. The maximum Gasteiger partial charge on any atom is 0.265 e. The van der Waals surface area contributed by atoms with Gasteiger partial charge in [0.25, 0.3) is 10.0 Å². The number of anilines is 1. The van der Waals surface area contributed by atoms with Crippen LogP contribution >= 0.6 is 0 Å². The summed E-state index contributed by atoms with van der Waals surface area (Å²) in [7, 11) is -3.59. The van der Waals surface area contributed by atoms with E-state index >= 15 is 0 Å². The van der Waals surface area contributed by atoms with E-state index in [0.717, 1.165) is 0 Å². The minimum Gasteiger partial charge on any atom is -0.491 e. The molecule has 6 nitrogen and oxygen atoms in total. The highest BCUT2D eigenvalue weighted by Gasteiger charge is 2.15. The molecule has 0 aliphatic heterocycles. The Morgan fingerprint density at radius 1 is 1.26 bits per heavy atom. The molecule has 102 valence electrons. The number of nitrogens with zero attached hydrogens (tertiary/aromatic N) is 1.